The first-order valence-corrected chi connectivity index (χ1v) is 7.18. The average molecular weight is 255 g/mol. The first-order valence-electron chi connectivity index (χ1n) is 7.18. The largest absolute Gasteiger partial charge is 0.347 e. The molecule has 1 unspecified atom stereocenters. The van der Waals surface area contributed by atoms with Gasteiger partial charge in [-0.25, -0.2) is 4.98 Å². The molecule has 0 radical (unpaired) electrons. The number of imidazole rings is 1. The highest BCUT2D eigenvalue weighted by Gasteiger charge is 2.23. The Morgan fingerprint density at radius 1 is 1.42 bits per heavy atom. The second-order valence-electron chi connectivity index (χ2n) is 5.34. The van der Waals surface area contributed by atoms with Crippen LogP contribution >= 0.6 is 0 Å². The maximum Gasteiger partial charge on any atom is 0.123 e. The number of rotatable bonds is 6. The summed E-state index contributed by atoms with van der Waals surface area (Å²) in [6.45, 7) is 3.08. The fourth-order valence-electron chi connectivity index (χ4n) is 2.52. The van der Waals surface area contributed by atoms with Crippen LogP contribution in [0.1, 0.15) is 55.1 Å². The predicted octanol–water partition coefficient (Wildman–Crippen LogP) is 3.53. The Morgan fingerprint density at radius 3 is 3.00 bits per heavy atom. The molecule has 0 amide bonds. The Morgan fingerprint density at radius 2 is 2.32 bits per heavy atom. The van der Waals surface area contributed by atoms with Crippen LogP contribution < -0.4 is 5.32 Å². The van der Waals surface area contributed by atoms with E-state index in [1.165, 1.54) is 24.0 Å². The Hall–Kier alpha value is -1.61. The van der Waals surface area contributed by atoms with Crippen LogP contribution in [-0.2, 0) is 6.54 Å². The fourth-order valence-corrected chi connectivity index (χ4v) is 2.52. The average Bonchev–Trinajstić information content (AvgIpc) is 3.17. The maximum atomic E-state index is 4.34. The summed E-state index contributed by atoms with van der Waals surface area (Å²) in [6, 6.07) is 9.29. The Labute approximate surface area is 114 Å². The van der Waals surface area contributed by atoms with Gasteiger partial charge in [-0.2, -0.15) is 0 Å². The molecule has 2 N–H and O–H groups in total. The van der Waals surface area contributed by atoms with Crippen molar-refractivity contribution >= 4 is 0 Å². The maximum absolute atomic E-state index is 4.34. The third-order valence-corrected chi connectivity index (χ3v) is 3.81. The smallest absolute Gasteiger partial charge is 0.123 e. The van der Waals surface area contributed by atoms with E-state index in [9.17, 15) is 0 Å². The zero-order valence-corrected chi connectivity index (χ0v) is 11.4. The van der Waals surface area contributed by atoms with Crippen molar-refractivity contribution in [3.8, 4) is 0 Å². The summed E-state index contributed by atoms with van der Waals surface area (Å²) in [5.41, 5.74) is 2.87. The molecule has 0 aliphatic heterocycles. The number of hydrogen-bond donors (Lipinski definition) is 2. The number of aromatic nitrogens is 2. The lowest BCUT2D eigenvalue weighted by molar-refractivity contribution is 0.497. The number of benzene rings is 1. The number of nitrogens with one attached hydrogen (secondary N) is 2. The molecule has 1 aliphatic rings. The van der Waals surface area contributed by atoms with Gasteiger partial charge in [0.2, 0.25) is 0 Å². The van der Waals surface area contributed by atoms with Gasteiger partial charge in [0, 0.05) is 18.9 Å². The molecule has 0 saturated heterocycles. The molecule has 1 fully saturated rings. The number of hydrogen-bond acceptors (Lipinski definition) is 2. The Bertz CT molecular complexity index is 515. The minimum atomic E-state index is 0.305. The lowest BCUT2D eigenvalue weighted by Gasteiger charge is -2.15. The monoisotopic (exact) mass is 255 g/mol. The first-order chi connectivity index (χ1) is 9.36. The van der Waals surface area contributed by atoms with Gasteiger partial charge in [-0.3, -0.25) is 0 Å². The van der Waals surface area contributed by atoms with Crippen LogP contribution in [-0.4, -0.2) is 9.97 Å². The first kappa shape index (κ1) is 12.4. The van der Waals surface area contributed by atoms with Crippen molar-refractivity contribution in [1.82, 2.24) is 15.3 Å². The molecular weight excluding hydrogens is 234 g/mol. The van der Waals surface area contributed by atoms with Crippen molar-refractivity contribution in [2.45, 2.75) is 44.7 Å². The number of nitrogens with zero attached hydrogens (tertiary/aromatic N) is 1. The summed E-state index contributed by atoms with van der Waals surface area (Å²) >= 11 is 0. The second kappa shape index (κ2) is 5.57. The molecule has 1 aromatic heterocycles. The van der Waals surface area contributed by atoms with E-state index in [0.29, 0.717) is 6.04 Å². The van der Waals surface area contributed by atoms with Crippen LogP contribution in [0.15, 0.2) is 36.7 Å². The molecule has 1 heterocycles. The van der Waals surface area contributed by atoms with Crippen LogP contribution in [0.2, 0.25) is 0 Å². The minimum Gasteiger partial charge on any atom is -0.347 e. The summed E-state index contributed by atoms with van der Waals surface area (Å²) in [7, 11) is 0. The molecule has 19 heavy (non-hydrogen) atoms. The van der Waals surface area contributed by atoms with Crippen LogP contribution in [0.3, 0.4) is 0 Å². The van der Waals surface area contributed by atoms with E-state index in [1.54, 1.807) is 0 Å². The Balaban J connectivity index is 1.63. The van der Waals surface area contributed by atoms with E-state index in [1.807, 2.05) is 12.4 Å². The zero-order valence-electron chi connectivity index (χ0n) is 11.4. The lowest BCUT2D eigenvalue weighted by atomic mass is 10.1. The Kier molecular flexibility index (Phi) is 3.65. The molecule has 3 nitrogen and oxygen atoms in total. The molecule has 1 atom stereocenters. The third kappa shape index (κ3) is 3.04. The normalized spacial score (nSPS) is 16.5. The SMILES string of the molecule is CCC(NCc1cccc(C2CC2)c1)c1ncc[nH]1. The van der Waals surface area contributed by atoms with Crippen molar-refractivity contribution in [2.24, 2.45) is 0 Å². The van der Waals surface area contributed by atoms with Gasteiger partial charge in [0.15, 0.2) is 0 Å². The molecule has 100 valence electrons. The topological polar surface area (TPSA) is 40.7 Å². The molecule has 3 heteroatoms. The molecule has 0 bridgehead atoms. The summed E-state index contributed by atoms with van der Waals surface area (Å²) in [6.07, 6.45) is 7.46. The van der Waals surface area contributed by atoms with Gasteiger partial charge in [-0.15, -0.1) is 0 Å². The van der Waals surface area contributed by atoms with Gasteiger partial charge in [-0.05, 0) is 36.3 Å². The van der Waals surface area contributed by atoms with E-state index in [-0.39, 0.29) is 0 Å². The molecule has 0 spiro atoms. The number of H-pyrrole nitrogens is 1. The van der Waals surface area contributed by atoms with Crippen LogP contribution in [0.4, 0.5) is 0 Å². The standard InChI is InChI=1S/C16H21N3/c1-2-15(16-17-8-9-18-16)19-11-12-4-3-5-14(10-12)13-6-7-13/h3-5,8-10,13,15,19H,2,6-7,11H2,1H3,(H,17,18). The van der Waals surface area contributed by atoms with E-state index < -0.39 is 0 Å². The van der Waals surface area contributed by atoms with E-state index in [4.69, 9.17) is 0 Å². The van der Waals surface area contributed by atoms with E-state index in [2.05, 4.69) is 46.5 Å². The van der Waals surface area contributed by atoms with Crippen LogP contribution in [0.5, 0.6) is 0 Å². The molecule has 1 aromatic carbocycles. The minimum absolute atomic E-state index is 0.305. The van der Waals surface area contributed by atoms with Gasteiger partial charge in [0.25, 0.3) is 0 Å². The van der Waals surface area contributed by atoms with E-state index in [0.717, 1.165) is 24.7 Å². The van der Waals surface area contributed by atoms with Crippen LogP contribution in [0.25, 0.3) is 0 Å². The molecule has 2 aromatic rings. The predicted molar refractivity (Wildman–Crippen MR) is 76.9 cm³/mol. The van der Waals surface area contributed by atoms with Gasteiger partial charge < -0.3 is 10.3 Å². The third-order valence-electron chi connectivity index (χ3n) is 3.81. The quantitative estimate of drug-likeness (QED) is 0.829. The van der Waals surface area contributed by atoms with Crippen molar-refractivity contribution in [3.63, 3.8) is 0 Å². The molecule has 1 aliphatic carbocycles. The highest BCUT2D eigenvalue weighted by molar-refractivity contribution is 5.29. The van der Waals surface area contributed by atoms with Gasteiger partial charge in [0.05, 0.1) is 6.04 Å². The number of aromatic amines is 1. The van der Waals surface area contributed by atoms with Crippen molar-refractivity contribution < 1.29 is 0 Å². The fraction of sp³-hybridized carbons (Fsp3) is 0.438. The molecule has 1 saturated carbocycles. The van der Waals surface area contributed by atoms with Crippen LogP contribution in [0, 0.1) is 0 Å². The van der Waals surface area contributed by atoms with Gasteiger partial charge in [-0.1, -0.05) is 31.2 Å². The summed E-state index contributed by atoms with van der Waals surface area (Å²) in [4.78, 5) is 7.53. The van der Waals surface area contributed by atoms with Crippen molar-refractivity contribution in [3.05, 3.63) is 53.6 Å². The summed E-state index contributed by atoms with van der Waals surface area (Å²) in [5.74, 6) is 1.85. The van der Waals surface area contributed by atoms with E-state index >= 15 is 0 Å². The highest BCUT2D eigenvalue weighted by Crippen LogP contribution is 2.40. The summed E-state index contributed by atoms with van der Waals surface area (Å²) in [5, 5.41) is 3.58. The van der Waals surface area contributed by atoms with Gasteiger partial charge in [0.1, 0.15) is 5.82 Å². The van der Waals surface area contributed by atoms with Crippen molar-refractivity contribution in [2.75, 3.05) is 0 Å². The summed E-state index contributed by atoms with van der Waals surface area (Å²) < 4.78 is 0. The molecule has 3 rings (SSSR count). The van der Waals surface area contributed by atoms with Crippen molar-refractivity contribution in [1.29, 1.82) is 0 Å². The highest BCUT2D eigenvalue weighted by atomic mass is 15.0. The van der Waals surface area contributed by atoms with Gasteiger partial charge >= 0.3 is 0 Å². The zero-order chi connectivity index (χ0) is 13.1. The second-order valence-corrected chi connectivity index (χ2v) is 5.34. The lowest BCUT2D eigenvalue weighted by Crippen LogP contribution is -2.21. The molecular formula is C16H21N3.